The van der Waals surface area contributed by atoms with Crippen LogP contribution in [-0.2, 0) is 0 Å². The van der Waals surface area contributed by atoms with Crippen molar-refractivity contribution >= 4 is 23.2 Å². The lowest BCUT2D eigenvalue weighted by molar-refractivity contribution is -0.385. The molecule has 1 saturated carbocycles. The Morgan fingerprint density at radius 1 is 1.19 bits per heavy atom. The van der Waals surface area contributed by atoms with Gasteiger partial charge in [0.1, 0.15) is 0 Å². The molecule has 1 aliphatic carbocycles. The molecule has 2 amide bonds. The molecule has 0 aromatic heterocycles. The normalized spacial score (nSPS) is 12.9. The van der Waals surface area contributed by atoms with E-state index in [0.717, 1.165) is 18.9 Å². The lowest BCUT2D eigenvalue weighted by Gasteiger charge is -2.11. The quantitative estimate of drug-likeness (QED) is 0.575. The number of nitrogens with zero attached hydrogens (tertiary/aromatic N) is 1. The van der Waals surface area contributed by atoms with Gasteiger partial charge in [0, 0.05) is 17.7 Å². The smallest absolute Gasteiger partial charge is 0.311 e. The van der Waals surface area contributed by atoms with E-state index in [1.54, 1.807) is 31.2 Å². The Hall–Kier alpha value is -3.42. The molecule has 8 heteroatoms. The zero-order chi connectivity index (χ0) is 19.4. The van der Waals surface area contributed by atoms with Crippen LogP contribution in [0.4, 0.5) is 11.4 Å². The van der Waals surface area contributed by atoms with Gasteiger partial charge in [-0.15, -0.1) is 0 Å². The molecule has 1 aliphatic rings. The summed E-state index contributed by atoms with van der Waals surface area (Å²) in [7, 11) is 0. The van der Waals surface area contributed by atoms with Gasteiger partial charge in [0.05, 0.1) is 22.8 Å². The van der Waals surface area contributed by atoms with Gasteiger partial charge >= 0.3 is 5.69 Å². The maximum Gasteiger partial charge on any atom is 0.311 e. The number of nitro groups is 1. The van der Waals surface area contributed by atoms with Crippen molar-refractivity contribution in [3.05, 3.63) is 63.7 Å². The van der Waals surface area contributed by atoms with Crippen LogP contribution in [0.1, 0.15) is 40.5 Å². The molecule has 0 spiro atoms. The molecule has 140 valence electrons. The fourth-order valence-corrected chi connectivity index (χ4v) is 2.55. The van der Waals surface area contributed by atoms with Crippen LogP contribution in [-0.4, -0.2) is 29.4 Å². The first-order valence-corrected chi connectivity index (χ1v) is 8.62. The summed E-state index contributed by atoms with van der Waals surface area (Å²) in [5.41, 5.74) is 0.502. The van der Waals surface area contributed by atoms with E-state index in [2.05, 4.69) is 10.6 Å². The van der Waals surface area contributed by atoms with Gasteiger partial charge in [-0.25, -0.2) is 0 Å². The standard InChI is InChI=1S/C19H19N3O5/c1-2-27-17-10-7-12(11-16(17)22(25)26)18(23)21-15-6-4-3-5-14(15)19(24)20-13-8-9-13/h3-7,10-11,13H,2,8-9H2,1H3,(H,20,24)(H,21,23). The number of nitrogens with one attached hydrogen (secondary N) is 2. The lowest BCUT2D eigenvalue weighted by Crippen LogP contribution is -2.27. The van der Waals surface area contributed by atoms with Gasteiger partial charge in [0.2, 0.25) is 0 Å². The fourth-order valence-electron chi connectivity index (χ4n) is 2.55. The van der Waals surface area contributed by atoms with Crippen molar-refractivity contribution in [1.29, 1.82) is 0 Å². The third-order valence-corrected chi connectivity index (χ3v) is 4.05. The van der Waals surface area contributed by atoms with Crippen molar-refractivity contribution in [2.45, 2.75) is 25.8 Å². The summed E-state index contributed by atoms with van der Waals surface area (Å²) in [5, 5.41) is 16.8. The molecule has 0 unspecified atom stereocenters. The molecule has 0 bridgehead atoms. The van der Waals surface area contributed by atoms with E-state index in [4.69, 9.17) is 4.74 Å². The molecule has 2 aromatic rings. The maximum absolute atomic E-state index is 12.6. The van der Waals surface area contributed by atoms with Crippen LogP contribution >= 0.6 is 0 Å². The Labute approximate surface area is 155 Å². The van der Waals surface area contributed by atoms with Crippen LogP contribution < -0.4 is 15.4 Å². The number of para-hydroxylation sites is 1. The largest absolute Gasteiger partial charge is 0.487 e. The van der Waals surface area contributed by atoms with Crippen LogP contribution in [0.5, 0.6) is 5.75 Å². The van der Waals surface area contributed by atoms with Crippen molar-refractivity contribution in [3.8, 4) is 5.75 Å². The molecular weight excluding hydrogens is 350 g/mol. The van der Waals surface area contributed by atoms with Crippen LogP contribution in [0.15, 0.2) is 42.5 Å². The highest BCUT2D eigenvalue weighted by atomic mass is 16.6. The Bertz CT molecular complexity index is 893. The Kier molecular flexibility index (Phi) is 5.35. The highest BCUT2D eigenvalue weighted by Crippen LogP contribution is 2.28. The summed E-state index contributed by atoms with van der Waals surface area (Å²) in [4.78, 5) is 35.5. The Balaban J connectivity index is 1.82. The molecule has 27 heavy (non-hydrogen) atoms. The van der Waals surface area contributed by atoms with E-state index < -0.39 is 10.8 Å². The average molecular weight is 369 g/mol. The summed E-state index contributed by atoms with van der Waals surface area (Å²) >= 11 is 0. The second-order valence-corrected chi connectivity index (χ2v) is 6.12. The van der Waals surface area contributed by atoms with Gasteiger partial charge in [-0.3, -0.25) is 19.7 Å². The van der Waals surface area contributed by atoms with E-state index in [-0.39, 0.29) is 35.6 Å². The number of hydrogen-bond donors (Lipinski definition) is 2. The number of rotatable bonds is 7. The number of anilines is 1. The molecule has 0 saturated heterocycles. The van der Waals surface area contributed by atoms with Crippen LogP contribution in [0.2, 0.25) is 0 Å². The number of hydrogen-bond acceptors (Lipinski definition) is 5. The summed E-state index contributed by atoms with van der Waals surface area (Å²) in [6.07, 6.45) is 1.91. The van der Waals surface area contributed by atoms with Gasteiger partial charge in [0.25, 0.3) is 11.8 Å². The molecule has 8 nitrogen and oxygen atoms in total. The van der Waals surface area contributed by atoms with Crippen molar-refractivity contribution in [2.24, 2.45) is 0 Å². The molecule has 3 rings (SSSR count). The number of carbonyl (C=O) groups is 2. The molecule has 0 heterocycles. The van der Waals surface area contributed by atoms with Gasteiger partial charge in [-0.05, 0) is 44.0 Å². The van der Waals surface area contributed by atoms with E-state index in [1.807, 2.05) is 0 Å². The number of amides is 2. The van der Waals surface area contributed by atoms with Gasteiger partial charge in [-0.1, -0.05) is 12.1 Å². The third-order valence-electron chi connectivity index (χ3n) is 4.05. The van der Waals surface area contributed by atoms with E-state index >= 15 is 0 Å². The first kappa shape index (κ1) is 18.4. The second kappa shape index (κ2) is 7.86. The van der Waals surface area contributed by atoms with E-state index in [9.17, 15) is 19.7 Å². The Morgan fingerprint density at radius 2 is 1.93 bits per heavy atom. The average Bonchev–Trinajstić information content (AvgIpc) is 3.46. The third kappa shape index (κ3) is 4.41. The second-order valence-electron chi connectivity index (χ2n) is 6.12. The molecule has 0 radical (unpaired) electrons. The highest BCUT2D eigenvalue weighted by molar-refractivity contribution is 6.09. The van der Waals surface area contributed by atoms with Gasteiger partial charge < -0.3 is 15.4 Å². The molecular formula is C19H19N3O5. The van der Waals surface area contributed by atoms with Crippen LogP contribution in [0.25, 0.3) is 0 Å². The minimum atomic E-state index is -0.598. The van der Waals surface area contributed by atoms with Crippen molar-refractivity contribution in [1.82, 2.24) is 5.32 Å². The SMILES string of the molecule is CCOc1ccc(C(=O)Nc2ccccc2C(=O)NC2CC2)cc1[N+](=O)[O-]. The molecule has 0 atom stereocenters. The predicted octanol–water partition coefficient (Wildman–Crippen LogP) is 3.14. The monoisotopic (exact) mass is 369 g/mol. The minimum absolute atomic E-state index is 0.0996. The summed E-state index contributed by atoms with van der Waals surface area (Å²) < 4.78 is 5.22. The van der Waals surface area contributed by atoms with Crippen molar-refractivity contribution < 1.29 is 19.2 Å². The number of benzene rings is 2. The summed E-state index contributed by atoms with van der Waals surface area (Å²) in [6.45, 7) is 1.99. The van der Waals surface area contributed by atoms with Crippen molar-refractivity contribution in [3.63, 3.8) is 0 Å². The maximum atomic E-state index is 12.6. The van der Waals surface area contributed by atoms with E-state index in [1.165, 1.54) is 12.1 Å². The summed E-state index contributed by atoms with van der Waals surface area (Å²) in [5.74, 6) is -0.706. The number of nitro benzene ring substituents is 1. The van der Waals surface area contributed by atoms with Gasteiger partial charge in [0.15, 0.2) is 5.75 Å². The summed E-state index contributed by atoms with van der Waals surface area (Å²) in [6, 6.07) is 10.8. The topological polar surface area (TPSA) is 111 Å². The number of carbonyl (C=O) groups excluding carboxylic acids is 2. The van der Waals surface area contributed by atoms with Gasteiger partial charge in [-0.2, -0.15) is 0 Å². The zero-order valence-corrected chi connectivity index (χ0v) is 14.7. The molecule has 2 aromatic carbocycles. The van der Waals surface area contributed by atoms with E-state index in [0.29, 0.717) is 11.3 Å². The minimum Gasteiger partial charge on any atom is -0.487 e. The Morgan fingerprint density at radius 3 is 2.59 bits per heavy atom. The zero-order valence-electron chi connectivity index (χ0n) is 14.7. The number of ether oxygens (including phenoxy) is 1. The highest BCUT2D eigenvalue weighted by Gasteiger charge is 2.25. The van der Waals surface area contributed by atoms with Crippen LogP contribution in [0, 0.1) is 10.1 Å². The molecule has 2 N–H and O–H groups in total. The molecule has 1 fully saturated rings. The molecule has 0 aliphatic heterocycles. The fraction of sp³-hybridized carbons (Fsp3) is 0.263. The van der Waals surface area contributed by atoms with Crippen molar-refractivity contribution in [2.75, 3.05) is 11.9 Å². The first-order chi connectivity index (χ1) is 13.0. The predicted molar refractivity (Wildman–Crippen MR) is 99.1 cm³/mol. The van der Waals surface area contributed by atoms with Crippen LogP contribution in [0.3, 0.4) is 0 Å². The lowest BCUT2D eigenvalue weighted by atomic mass is 10.1. The first-order valence-electron chi connectivity index (χ1n) is 8.62.